The summed E-state index contributed by atoms with van der Waals surface area (Å²) in [5.41, 5.74) is 0.545. The fraction of sp³-hybridized carbons (Fsp3) is 0.636. The van der Waals surface area contributed by atoms with Gasteiger partial charge in [-0.1, -0.05) is 13.8 Å². The number of aliphatic hydroxyl groups is 2. The Labute approximate surface area is 94.9 Å². The molecule has 0 aliphatic rings. The zero-order valence-corrected chi connectivity index (χ0v) is 9.54. The summed E-state index contributed by atoms with van der Waals surface area (Å²) in [7, 11) is 0. The quantitative estimate of drug-likeness (QED) is 0.775. The molecule has 5 heteroatoms. The lowest BCUT2D eigenvalue weighted by Crippen LogP contribution is -2.17. The van der Waals surface area contributed by atoms with E-state index >= 15 is 0 Å². The number of rotatable bonds is 5. The minimum absolute atomic E-state index is 0.0868. The van der Waals surface area contributed by atoms with Gasteiger partial charge >= 0.3 is 0 Å². The number of nitriles is 1. The van der Waals surface area contributed by atoms with Crippen molar-refractivity contribution in [1.29, 1.82) is 5.26 Å². The monoisotopic (exact) mass is 223 g/mol. The third-order valence-electron chi connectivity index (χ3n) is 2.21. The molecule has 16 heavy (non-hydrogen) atoms. The highest BCUT2D eigenvalue weighted by Crippen LogP contribution is 2.18. The highest BCUT2D eigenvalue weighted by atomic mass is 16.3. The van der Waals surface area contributed by atoms with E-state index in [9.17, 15) is 10.2 Å². The first-order valence-corrected chi connectivity index (χ1v) is 5.30. The summed E-state index contributed by atoms with van der Waals surface area (Å²) >= 11 is 0. The van der Waals surface area contributed by atoms with Gasteiger partial charge < -0.3 is 10.2 Å². The molecule has 0 saturated carbocycles. The van der Waals surface area contributed by atoms with E-state index < -0.39 is 12.2 Å². The molecule has 0 radical (unpaired) electrons. The third-order valence-corrected chi connectivity index (χ3v) is 2.21. The second-order valence-corrected chi connectivity index (χ2v) is 4.26. The average Bonchev–Trinajstić information content (AvgIpc) is 2.64. The summed E-state index contributed by atoms with van der Waals surface area (Å²) in [4.78, 5) is 0. The Balaban J connectivity index is 2.66. The van der Waals surface area contributed by atoms with Gasteiger partial charge in [-0.05, 0) is 5.92 Å². The van der Waals surface area contributed by atoms with Crippen LogP contribution in [0.5, 0.6) is 0 Å². The SMILES string of the molecule is CC(C)Cn1cc(C(O)C(O)CC#N)cn1. The molecule has 0 aliphatic carbocycles. The predicted molar refractivity (Wildman–Crippen MR) is 58.3 cm³/mol. The molecule has 0 fully saturated rings. The largest absolute Gasteiger partial charge is 0.389 e. The van der Waals surface area contributed by atoms with Gasteiger partial charge in [-0.2, -0.15) is 10.4 Å². The Hall–Kier alpha value is -1.38. The topological polar surface area (TPSA) is 82.1 Å². The smallest absolute Gasteiger partial charge is 0.109 e. The molecule has 0 bridgehead atoms. The molecule has 0 aromatic carbocycles. The molecule has 5 nitrogen and oxygen atoms in total. The zero-order valence-electron chi connectivity index (χ0n) is 9.54. The maximum Gasteiger partial charge on any atom is 0.109 e. The lowest BCUT2D eigenvalue weighted by Gasteiger charge is -2.12. The zero-order chi connectivity index (χ0) is 12.1. The van der Waals surface area contributed by atoms with E-state index in [1.165, 1.54) is 6.20 Å². The Morgan fingerprint density at radius 2 is 2.19 bits per heavy atom. The van der Waals surface area contributed by atoms with Crippen LogP contribution in [0, 0.1) is 17.2 Å². The number of hydrogen-bond acceptors (Lipinski definition) is 4. The highest BCUT2D eigenvalue weighted by Gasteiger charge is 2.19. The average molecular weight is 223 g/mol. The van der Waals surface area contributed by atoms with Crippen molar-refractivity contribution in [2.75, 3.05) is 0 Å². The Morgan fingerprint density at radius 1 is 1.50 bits per heavy atom. The van der Waals surface area contributed by atoms with Crippen molar-refractivity contribution < 1.29 is 10.2 Å². The van der Waals surface area contributed by atoms with E-state index in [0.717, 1.165) is 6.54 Å². The number of aliphatic hydroxyl groups excluding tert-OH is 2. The van der Waals surface area contributed by atoms with Gasteiger partial charge in [-0.25, -0.2) is 0 Å². The molecule has 2 atom stereocenters. The van der Waals surface area contributed by atoms with Crippen molar-refractivity contribution in [2.45, 2.75) is 39.0 Å². The molecule has 0 aliphatic heterocycles. The van der Waals surface area contributed by atoms with E-state index in [1.54, 1.807) is 10.9 Å². The van der Waals surface area contributed by atoms with Crippen molar-refractivity contribution in [1.82, 2.24) is 9.78 Å². The van der Waals surface area contributed by atoms with Crippen LogP contribution in [0.1, 0.15) is 31.9 Å². The van der Waals surface area contributed by atoms with Crippen molar-refractivity contribution in [3.05, 3.63) is 18.0 Å². The van der Waals surface area contributed by atoms with Crippen molar-refractivity contribution in [2.24, 2.45) is 5.92 Å². The maximum absolute atomic E-state index is 9.71. The normalized spacial score (nSPS) is 14.8. The van der Waals surface area contributed by atoms with Gasteiger partial charge in [0.25, 0.3) is 0 Å². The second kappa shape index (κ2) is 5.64. The lowest BCUT2D eigenvalue weighted by atomic mass is 10.1. The third kappa shape index (κ3) is 3.33. The Kier molecular flexibility index (Phi) is 4.47. The van der Waals surface area contributed by atoms with Crippen LogP contribution >= 0.6 is 0 Å². The van der Waals surface area contributed by atoms with Crippen LogP contribution in [0.25, 0.3) is 0 Å². The Bertz CT molecular complexity index is 368. The maximum atomic E-state index is 9.71. The summed E-state index contributed by atoms with van der Waals surface area (Å²) in [5, 5.41) is 31.7. The van der Waals surface area contributed by atoms with Crippen LogP contribution in [0.2, 0.25) is 0 Å². The lowest BCUT2D eigenvalue weighted by molar-refractivity contribution is 0.0216. The van der Waals surface area contributed by atoms with Crippen molar-refractivity contribution in [3.63, 3.8) is 0 Å². The van der Waals surface area contributed by atoms with E-state index in [0.29, 0.717) is 11.5 Å². The van der Waals surface area contributed by atoms with E-state index in [2.05, 4.69) is 18.9 Å². The van der Waals surface area contributed by atoms with Gasteiger partial charge in [0.15, 0.2) is 0 Å². The first-order valence-electron chi connectivity index (χ1n) is 5.30. The standard InChI is InChI=1S/C11H17N3O2/c1-8(2)6-14-7-9(5-13-14)11(16)10(15)3-4-12/h5,7-8,10-11,15-16H,3,6H2,1-2H3. The molecule has 1 aromatic heterocycles. The van der Waals surface area contributed by atoms with Crippen LogP contribution in [0.15, 0.2) is 12.4 Å². The molecule has 1 rings (SSSR count). The summed E-state index contributed by atoms with van der Waals surface area (Å²) in [6.07, 6.45) is 1.04. The summed E-state index contributed by atoms with van der Waals surface area (Å²) in [5.74, 6) is 0.467. The van der Waals surface area contributed by atoms with E-state index in [1.807, 2.05) is 6.07 Å². The number of hydrogen-bond donors (Lipinski definition) is 2. The first kappa shape index (κ1) is 12.7. The minimum atomic E-state index is -1.05. The van der Waals surface area contributed by atoms with Crippen molar-refractivity contribution >= 4 is 0 Å². The van der Waals surface area contributed by atoms with Crippen LogP contribution in [-0.2, 0) is 6.54 Å². The summed E-state index contributed by atoms with van der Waals surface area (Å²) in [6.45, 7) is 4.91. The highest BCUT2D eigenvalue weighted by molar-refractivity contribution is 5.10. The van der Waals surface area contributed by atoms with E-state index in [4.69, 9.17) is 5.26 Å². The molecular weight excluding hydrogens is 206 g/mol. The molecule has 0 amide bonds. The number of nitrogens with zero attached hydrogens (tertiary/aromatic N) is 3. The first-order chi connectivity index (χ1) is 7.54. The molecule has 0 spiro atoms. The molecular formula is C11H17N3O2. The molecule has 88 valence electrons. The van der Waals surface area contributed by atoms with Gasteiger partial charge in [0.2, 0.25) is 0 Å². The second-order valence-electron chi connectivity index (χ2n) is 4.26. The van der Waals surface area contributed by atoms with Crippen LogP contribution in [0.3, 0.4) is 0 Å². The van der Waals surface area contributed by atoms with Gasteiger partial charge in [0.05, 0.1) is 24.8 Å². The molecule has 2 unspecified atom stereocenters. The van der Waals surface area contributed by atoms with Gasteiger partial charge in [-0.3, -0.25) is 4.68 Å². The van der Waals surface area contributed by atoms with Crippen LogP contribution < -0.4 is 0 Å². The number of aromatic nitrogens is 2. The van der Waals surface area contributed by atoms with E-state index in [-0.39, 0.29) is 6.42 Å². The fourth-order valence-electron chi connectivity index (χ4n) is 1.43. The van der Waals surface area contributed by atoms with Gasteiger partial charge in [-0.15, -0.1) is 0 Å². The molecule has 1 heterocycles. The summed E-state index contributed by atoms with van der Waals surface area (Å²) in [6, 6.07) is 1.82. The summed E-state index contributed by atoms with van der Waals surface area (Å²) < 4.78 is 1.72. The van der Waals surface area contributed by atoms with Gasteiger partial charge in [0, 0.05) is 18.3 Å². The molecule has 0 saturated heterocycles. The predicted octanol–water partition coefficient (Wildman–Crippen LogP) is 0.847. The Morgan fingerprint density at radius 3 is 2.75 bits per heavy atom. The van der Waals surface area contributed by atoms with Crippen molar-refractivity contribution in [3.8, 4) is 6.07 Å². The van der Waals surface area contributed by atoms with Crippen LogP contribution in [-0.4, -0.2) is 26.1 Å². The molecule has 1 aromatic rings. The fourth-order valence-corrected chi connectivity index (χ4v) is 1.43. The van der Waals surface area contributed by atoms with Gasteiger partial charge in [0.1, 0.15) is 6.10 Å². The molecule has 2 N–H and O–H groups in total. The van der Waals surface area contributed by atoms with Crippen LogP contribution in [0.4, 0.5) is 0 Å². The minimum Gasteiger partial charge on any atom is -0.389 e.